The number of benzene rings is 1. The van der Waals surface area contributed by atoms with E-state index < -0.39 is 0 Å². The molecular weight excluding hydrogens is 503 g/mol. The Morgan fingerprint density at radius 1 is 0.821 bits per heavy atom. The molecule has 4 rings (SSSR count). The third-order valence-electron chi connectivity index (χ3n) is 8.61. The Bertz CT molecular complexity index is 892. The number of allylic oxidation sites excluding steroid dienone is 5. The fraction of sp³-hybridized carbons (Fsp3) is 0.556. The van der Waals surface area contributed by atoms with Crippen molar-refractivity contribution < 1.29 is 25.8 Å². The van der Waals surface area contributed by atoms with E-state index in [0.29, 0.717) is 0 Å². The molecule has 0 amide bonds. The third kappa shape index (κ3) is 2.57. The van der Waals surface area contributed by atoms with Gasteiger partial charge < -0.3 is 0 Å². The van der Waals surface area contributed by atoms with Gasteiger partial charge in [-0.25, -0.2) is 0 Å². The van der Waals surface area contributed by atoms with Crippen molar-refractivity contribution in [3.05, 3.63) is 62.8 Å². The molecule has 3 aliphatic rings. The minimum absolute atomic E-state index is 0. The zero-order valence-electron chi connectivity index (χ0n) is 19.1. The fourth-order valence-corrected chi connectivity index (χ4v) is 6.61. The molecule has 1 aromatic carbocycles. The molecule has 0 spiro atoms. The van der Waals surface area contributed by atoms with Crippen LogP contribution in [0.3, 0.4) is 0 Å². The second-order valence-corrected chi connectivity index (χ2v) is 10.4. The number of hydrogen-bond donors (Lipinski definition) is 0. The zero-order chi connectivity index (χ0) is 19.8. The molecule has 1 unspecified atom stereocenters. The molecular formula is C27H36Hf. The maximum absolute atomic E-state index is 2.60. The first kappa shape index (κ1) is 22.0. The number of fused-ring (bicyclic) bond motifs is 2. The van der Waals surface area contributed by atoms with Gasteiger partial charge in [0, 0.05) is 36.7 Å². The van der Waals surface area contributed by atoms with E-state index >= 15 is 0 Å². The number of aryl methyl sites for hydroxylation is 2. The molecule has 1 aromatic rings. The summed E-state index contributed by atoms with van der Waals surface area (Å²) in [5, 5.41) is 0. The Labute approximate surface area is 191 Å². The van der Waals surface area contributed by atoms with Crippen LogP contribution in [-0.2, 0) is 44.1 Å². The van der Waals surface area contributed by atoms with Crippen molar-refractivity contribution in [2.75, 3.05) is 0 Å². The molecule has 0 bridgehead atoms. The van der Waals surface area contributed by atoms with Crippen LogP contribution in [0.5, 0.6) is 0 Å². The third-order valence-corrected chi connectivity index (χ3v) is 8.61. The minimum Gasteiger partial charge on any atom is -0.0716 e. The summed E-state index contributed by atoms with van der Waals surface area (Å²) in [5.41, 5.74) is 12.5. The van der Waals surface area contributed by atoms with Crippen LogP contribution >= 0.6 is 0 Å². The smallest absolute Gasteiger partial charge is 0.0318 e. The predicted molar refractivity (Wildman–Crippen MR) is 118 cm³/mol. The average molecular weight is 539 g/mol. The quantitative estimate of drug-likeness (QED) is 0.324. The Balaban J connectivity index is 0.00000225. The van der Waals surface area contributed by atoms with E-state index in [1.807, 2.05) is 0 Å². The van der Waals surface area contributed by atoms with Crippen LogP contribution in [0.4, 0.5) is 0 Å². The van der Waals surface area contributed by atoms with Gasteiger partial charge in [-0.05, 0) is 92.2 Å². The van der Waals surface area contributed by atoms with E-state index in [2.05, 4.69) is 79.7 Å². The van der Waals surface area contributed by atoms with Crippen molar-refractivity contribution in [3.8, 4) is 0 Å². The van der Waals surface area contributed by atoms with Crippen molar-refractivity contribution in [3.63, 3.8) is 0 Å². The Hall–Kier alpha value is -0.690. The Morgan fingerprint density at radius 3 is 1.82 bits per heavy atom. The van der Waals surface area contributed by atoms with Crippen LogP contribution in [0.2, 0.25) is 0 Å². The van der Waals surface area contributed by atoms with Gasteiger partial charge in [0.15, 0.2) is 0 Å². The number of rotatable bonds is 1. The standard InChI is InChI=1S/C27H36.Hf/c1-17-18(2)20(4)26(8,19(17)3)27(25(5,6)7)14-13-23-15-21-11-9-10-12-22(21)16-24(23)27;/h13-16H,9-12H2,1-8H3;. The van der Waals surface area contributed by atoms with Gasteiger partial charge in [0.2, 0.25) is 0 Å². The van der Waals surface area contributed by atoms with Crippen LogP contribution in [0.1, 0.15) is 90.5 Å². The van der Waals surface area contributed by atoms with E-state index in [1.54, 1.807) is 27.8 Å². The molecule has 0 fully saturated rings. The SMILES string of the molecule is CC1=C(C)C(C)(C2(C(C)(C)C)C=Cc3cc4c(cc32)CCCC4)C(C)=C1C.[Hf]. The molecule has 0 nitrogen and oxygen atoms in total. The van der Waals surface area contributed by atoms with Gasteiger partial charge in [-0.1, -0.05) is 63.1 Å². The Morgan fingerprint density at radius 2 is 1.32 bits per heavy atom. The maximum Gasteiger partial charge on any atom is 0.0318 e. The molecule has 1 heteroatoms. The van der Waals surface area contributed by atoms with Gasteiger partial charge in [-0.2, -0.15) is 0 Å². The van der Waals surface area contributed by atoms with Crippen LogP contribution in [0.15, 0.2) is 40.5 Å². The van der Waals surface area contributed by atoms with Crippen molar-refractivity contribution in [1.82, 2.24) is 0 Å². The first-order valence-corrected chi connectivity index (χ1v) is 10.8. The van der Waals surface area contributed by atoms with Gasteiger partial charge >= 0.3 is 0 Å². The second kappa shape index (κ2) is 6.93. The van der Waals surface area contributed by atoms with Crippen molar-refractivity contribution in [2.24, 2.45) is 10.8 Å². The first-order valence-electron chi connectivity index (χ1n) is 10.8. The summed E-state index contributed by atoms with van der Waals surface area (Å²) in [4.78, 5) is 0. The van der Waals surface area contributed by atoms with E-state index in [1.165, 1.54) is 42.4 Å². The molecule has 0 aliphatic heterocycles. The molecule has 0 N–H and O–H groups in total. The van der Waals surface area contributed by atoms with E-state index in [-0.39, 0.29) is 42.1 Å². The van der Waals surface area contributed by atoms with Gasteiger partial charge in [0.25, 0.3) is 0 Å². The summed E-state index contributed by atoms with van der Waals surface area (Å²) in [6.07, 6.45) is 10.2. The van der Waals surface area contributed by atoms with Gasteiger partial charge in [0.1, 0.15) is 0 Å². The monoisotopic (exact) mass is 540 g/mol. The summed E-state index contributed by atoms with van der Waals surface area (Å²) in [7, 11) is 0. The molecule has 0 radical (unpaired) electrons. The first-order chi connectivity index (χ1) is 12.6. The normalized spacial score (nSPS) is 25.7. The molecule has 1 atom stereocenters. The van der Waals surface area contributed by atoms with Crippen molar-refractivity contribution in [1.29, 1.82) is 0 Å². The maximum atomic E-state index is 2.60. The van der Waals surface area contributed by atoms with Crippen LogP contribution in [0, 0.1) is 10.8 Å². The summed E-state index contributed by atoms with van der Waals surface area (Å²) in [6.45, 7) is 19.3. The summed E-state index contributed by atoms with van der Waals surface area (Å²) in [6, 6.07) is 5.12. The molecule has 148 valence electrons. The van der Waals surface area contributed by atoms with Crippen molar-refractivity contribution in [2.45, 2.75) is 86.5 Å². The average Bonchev–Trinajstić information content (AvgIpc) is 3.08. The predicted octanol–water partition coefficient (Wildman–Crippen LogP) is 7.57. The molecule has 0 heterocycles. The summed E-state index contributed by atoms with van der Waals surface area (Å²) in [5.74, 6) is 0. The van der Waals surface area contributed by atoms with E-state index in [0.717, 1.165) is 0 Å². The second-order valence-electron chi connectivity index (χ2n) is 10.4. The topological polar surface area (TPSA) is 0 Å². The van der Waals surface area contributed by atoms with Crippen LogP contribution in [0.25, 0.3) is 6.08 Å². The summed E-state index contributed by atoms with van der Waals surface area (Å²) < 4.78 is 0. The Kier molecular flexibility index (Phi) is 5.45. The van der Waals surface area contributed by atoms with Crippen LogP contribution < -0.4 is 0 Å². The zero-order valence-corrected chi connectivity index (χ0v) is 22.7. The minimum atomic E-state index is -0.00496. The summed E-state index contributed by atoms with van der Waals surface area (Å²) >= 11 is 0. The molecule has 0 saturated heterocycles. The molecule has 0 aromatic heterocycles. The molecule has 3 aliphatic carbocycles. The number of hydrogen-bond acceptors (Lipinski definition) is 0. The fourth-order valence-electron chi connectivity index (χ4n) is 6.61. The van der Waals surface area contributed by atoms with E-state index in [9.17, 15) is 0 Å². The van der Waals surface area contributed by atoms with Crippen molar-refractivity contribution >= 4 is 6.08 Å². The molecule has 28 heavy (non-hydrogen) atoms. The largest absolute Gasteiger partial charge is 0.0716 e. The molecule has 0 saturated carbocycles. The van der Waals surface area contributed by atoms with Crippen LogP contribution in [-0.4, -0.2) is 0 Å². The van der Waals surface area contributed by atoms with Gasteiger partial charge in [-0.3, -0.25) is 0 Å². The van der Waals surface area contributed by atoms with E-state index in [4.69, 9.17) is 0 Å². The van der Waals surface area contributed by atoms with Gasteiger partial charge in [0.05, 0.1) is 0 Å². The van der Waals surface area contributed by atoms with Gasteiger partial charge in [-0.15, -0.1) is 0 Å².